The average Bonchev–Trinajstić information content (AvgIpc) is 2.96. The van der Waals surface area contributed by atoms with Gasteiger partial charge in [0.1, 0.15) is 0 Å². The highest BCUT2D eigenvalue weighted by Gasteiger charge is 2.49. The molecule has 0 amide bonds. The average molecular weight is 521 g/mol. The van der Waals surface area contributed by atoms with Crippen molar-refractivity contribution in [3.63, 3.8) is 0 Å². The molecule has 1 aliphatic carbocycles. The predicted octanol–water partition coefficient (Wildman–Crippen LogP) is 6.62. The number of benzene rings is 4. The van der Waals surface area contributed by atoms with Crippen molar-refractivity contribution in [1.29, 1.82) is 0 Å². The van der Waals surface area contributed by atoms with Crippen LogP contribution < -0.4 is 15.5 Å². The normalized spacial score (nSPS) is 27.2. The molecule has 7 rings (SSSR count). The van der Waals surface area contributed by atoms with Crippen molar-refractivity contribution in [3.8, 4) is 0 Å². The van der Waals surface area contributed by atoms with Crippen LogP contribution in [0.5, 0.6) is 0 Å². The number of para-hydroxylation sites is 2. The second-order valence-corrected chi connectivity index (χ2v) is 14.1. The maximum Gasteiger partial charge on any atom is 0.152 e. The molecule has 4 aromatic rings. The van der Waals surface area contributed by atoms with Gasteiger partial charge in [0.2, 0.25) is 0 Å². The molecule has 0 saturated carbocycles. The molecule has 37 heavy (non-hydrogen) atoms. The fourth-order valence-corrected chi connectivity index (χ4v) is 12.0. The highest BCUT2D eigenvalue weighted by molar-refractivity contribution is 7.91. The molecule has 0 N–H and O–H groups in total. The van der Waals surface area contributed by atoms with Gasteiger partial charge in [0.05, 0.1) is 26.6 Å². The van der Waals surface area contributed by atoms with Crippen LogP contribution in [-0.4, -0.2) is 15.1 Å². The van der Waals surface area contributed by atoms with Gasteiger partial charge in [0.25, 0.3) is 0 Å². The first-order chi connectivity index (χ1) is 18.4. The Labute approximate surface area is 221 Å². The summed E-state index contributed by atoms with van der Waals surface area (Å²) in [4.78, 5) is 2.84. The molecule has 0 fully saturated rings. The van der Waals surface area contributed by atoms with Gasteiger partial charge in [-0.2, -0.15) is 0 Å². The summed E-state index contributed by atoms with van der Waals surface area (Å²) >= 11 is 0. The van der Waals surface area contributed by atoms with E-state index in [4.69, 9.17) is 0 Å². The van der Waals surface area contributed by atoms with Gasteiger partial charge < -0.3 is 9.46 Å². The Morgan fingerprint density at radius 1 is 0.811 bits per heavy atom. The van der Waals surface area contributed by atoms with Gasteiger partial charge in [-0.05, 0) is 47.5 Å². The van der Waals surface area contributed by atoms with Crippen LogP contribution in [0.15, 0.2) is 132 Å². The number of hydrogen-bond donors (Lipinski definition) is 0. The number of nitrogens with zero attached hydrogens (tertiary/aromatic N) is 1. The lowest BCUT2D eigenvalue weighted by Gasteiger charge is -2.42. The van der Waals surface area contributed by atoms with E-state index in [0.717, 1.165) is 33.5 Å². The van der Waals surface area contributed by atoms with Crippen LogP contribution in [0.1, 0.15) is 25.3 Å². The van der Waals surface area contributed by atoms with E-state index in [9.17, 15) is 5.58 Å². The van der Waals surface area contributed by atoms with Crippen LogP contribution in [-0.2, 0) is 15.4 Å². The van der Waals surface area contributed by atoms with Gasteiger partial charge in [-0.1, -0.05) is 91.9 Å². The van der Waals surface area contributed by atoms with E-state index < -0.39 is 34.7 Å². The van der Waals surface area contributed by atoms with Crippen LogP contribution in [0.25, 0.3) is 0 Å². The van der Waals surface area contributed by atoms with Crippen molar-refractivity contribution in [2.75, 3.05) is 4.90 Å². The number of fused-ring (bicyclic) bond motifs is 4. The van der Waals surface area contributed by atoms with Crippen molar-refractivity contribution in [2.45, 2.75) is 28.6 Å². The molecule has 4 aromatic carbocycles. The molecule has 2 aliphatic heterocycles. The molecule has 3 nitrogen and oxygen atoms in total. The number of rotatable bonds is 2. The standard InChI is InChI=1S/C32H26NO2PS/c1-22-25-13-5-7-15-27(25)33(28-16-8-6-14-26(22)28)23-19-20-32-30(21-23)36(34,24-11-3-2-4-12-24)29-17-9-10-18-31(29)37(32)35/h2-22,30,32H,1H3/i22D. The van der Waals surface area contributed by atoms with E-state index in [2.05, 4.69) is 11.0 Å². The van der Waals surface area contributed by atoms with E-state index in [1.807, 2.05) is 122 Å². The maximum absolute atomic E-state index is 15.3. The SMILES string of the molecule is [2H]C1(C)c2ccccc2N(C2=CC3C(C=C2)S(=O)c2ccccc2P3(=O)c2ccccc2)c2ccccc21. The molecule has 4 atom stereocenters. The van der Waals surface area contributed by atoms with Crippen molar-refractivity contribution in [3.05, 3.63) is 138 Å². The molecule has 0 radical (unpaired) electrons. The van der Waals surface area contributed by atoms with Crippen molar-refractivity contribution >= 4 is 39.9 Å². The second kappa shape index (κ2) is 8.55. The summed E-state index contributed by atoms with van der Waals surface area (Å²) in [5, 5.41) is 1.08. The first-order valence-electron chi connectivity index (χ1n) is 13.0. The third-order valence-corrected chi connectivity index (χ3v) is 13.3. The fourth-order valence-electron chi connectivity index (χ4n) is 5.99. The smallest absolute Gasteiger partial charge is 0.152 e. The van der Waals surface area contributed by atoms with Crippen molar-refractivity contribution in [1.82, 2.24) is 0 Å². The Morgan fingerprint density at radius 3 is 2.11 bits per heavy atom. The first kappa shape index (κ1) is 21.6. The fraction of sp³-hybridized carbons (Fsp3) is 0.125. The summed E-state index contributed by atoms with van der Waals surface area (Å²) in [5.74, 6) is -0.907. The lowest BCUT2D eigenvalue weighted by atomic mass is 9.85. The minimum atomic E-state index is -3.19. The topological polar surface area (TPSA) is 37.4 Å². The number of hydrogen-bond acceptors (Lipinski definition) is 3. The Kier molecular flexibility index (Phi) is 4.99. The zero-order chi connectivity index (χ0) is 26.1. The zero-order valence-corrected chi connectivity index (χ0v) is 22.0. The van der Waals surface area contributed by atoms with Gasteiger partial charge in [-0.15, -0.1) is 0 Å². The molecule has 3 aliphatic rings. The molecule has 182 valence electrons. The Balaban J connectivity index is 1.47. The zero-order valence-electron chi connectivity index (χ0n) is 21.3. The monoisotopic (exact) mass is 520 g/mol. The summed E-state index contributed by atoms with van der Waals surface area (Å²) < 4.78 is 38.4. The number of allylic oxidation sites excluding steroid dienone is 2. The van der Waals surface area contributed by atoms with E-state index in [-0.39, 0.29) is 0 Å². The summed E-state index contributed by atoms with van der Waals surface area (Å²) in [7, 11) is -4.52. The van der Waals surface area contributed by atoms with Crippen molar-refractivity contribution < 1.29 is 10.1 Å². The van der Waals surface area contributed by atoms with E-state index in [1.165, 1.54) is 0 Å². The molecular weight excluding hydrogens is 493 g/mol. The third-order valence-electron chi connectivity index (χ3n) is 7.74. The molecule has 0 saturated heterocycles. The Bertz CT molecular complexity index is 1680. The van der Waals surface area contributed by atoms with Gasteiger partial charge in [-0.25, -0.2) is 0 Å². The van der Waals surface area contributed by atoms with E-state index in [0.29, 0.717) is 10.2 Å². The minimum absolute atomic E-state index is 0.392. The van der Waals surface area contributed by atoms with Crippen LogP contribution in [0.3, 0.4) is 0 Å². The molecule has 0 bridgehead atoms. The summed E-state index contributed by atoms with van der Waals surface area (Å²) in [6.07, 6.45) is 6.08. The van der Waals surface area contributed by atoms with Crippen LogP contribution in [0, 0.1) is 0 Å². The lowest BCUT2D eigenvalue weighted by Crippen LogP contribution is -2.43. The third kappa shape index (κ3) is 3.26. The maximum atomic E-state index is 15.3. The van der Waals surface area contributed by atoms with E-state index in [1.54, 1.807) is 0 Å². The molecule has 2 heterocycles. The predicted molar refractivity (Wildman–Crippen MR) is 154 cm³/mol. The van der Waals surface area contributed by atoms with Crippen LogP contribution in [0.4, 0.5) is 11.4 Å². The highest BCUT2D eigenvalue weighted by atomic mass is 32.2. The number of anilines is 2. The Hall–Kier alpha value is -3.46. The largest absolute Gasteiger partial charge is 0.313 e. The highest BCUT2D eigenvalue weighted by Crippen LogP contribution is 2.58. The Morgan fingerprint density at radius 2 is 1.41 bits per heavy atom. The lowest BCUT2D eigenvalue weighted by molar-refractivity contribution is 0.580. The minimum Gasteiger partial charge on any atom is -0.313 e. The van der Waals surface area contributed by atoms with Crippen molar-refractivity contribution in [2.24, 2.45) is 0 Å². The van der Waals surface area contributed by atoms with E-state index >= 15 is 4.57 Å². The van der Waals surface area contributed by atoms with Crippen LogP contribution >= 0.6 is 7.14 Å². The van der Waals surface area contributed by atoms with Crippen LogP contribution in [0.2, 0.25) is 0 Å². The summed E-state index contributed by atoms with van der Waals surface area (Å²) in [6, 6.07) is 33.2. The second-order valence-electron chi connectivity index (χ2n) is 9.66. The molecular formula is C32H26NO2PS. The van der Waals surface area contributed by atoms with Gasteiger partial charge >= 0.3 is 0 Å². The summed E-state index contributed by atoms with van der Waals surface area (Å²) in [6.45, 7) is 1.94. The quantitative estimate of drug-likeness (QED) is 0.279. The van der Waals surface area contributed by atoms with Gasteiger partial charge in [-0.3, -0.25) is 4.21 Å². The summed E-state index contributed by atoms with van der Waals surface area (Å²) in [5.41, 5.74) is 4.13. The van der Waals surface area contributed by atoms with Gasteiger partial charge in [0, 0.05) is 34.9 Å². The molecule has 0 spiro atoms. The molecule has 0 aromatic heterocycles. The molecule has 5 heteroatoms. The van der Waals surface area contributed by atoms with Gasteiger partial charge in [0.15, 0.2) is 7.14 Å². The molecule has 4 unspecified atom stereocenters. The first-order valence-corrected chi connectivity index (χ1v) is 15.5.